The van der Waals surface area contributed by atoms with Crippen LogP contribution in [0.5, 0.6) is 0 Å². The van der Waals surface area contributed by atoms with E-state index in [9.17, 15) is 9.90 Å². The molecule has 0 aliphatic carbocycles. The summed E-state index contributed by atoms with van der Waals surface area (Å²) in [7, 11) is 0. The fraction of sp³-hybridized carbons (Fsp3) is 0.591. The maximum atomic E-state index is 11.5. The average Bonchev–Trinajstić information content (AvgIpc) is 3.23. The lowest BCUT2D eigenvalue weighted by Gasteiger charge is -2.36. The van der Waals surface area contributed by atoms with Crippen molar-refractivity contribution in [2.24, 2.45) is 0 Å². The number of aliphatic hydroxyl groups is 1. The number of amides is 1. The van der Waals surface area contributed by atoms with Crippen LogP contribution in [0.4, 0.5) is 0 Å². The van der Waals surface area contributed by atoms with E-state index in [1.54, 1.807) is 13.1 Å². The van der Waals surface area contributed by atoms with Crippen LogP contribution in [0.2, 0.25) is 0 Å². The molecule has 162 valence electrons. The second-order valence-electron chi connectivity index (χ2n) is 8.23. The lowest BCUT2D eigenvalue weighted by atomic mass is 9.97. The lowest BCUT2D eigenvalue weighted by molar-refractivity contribution is -0.130. The number of aromatic nitrogens is 2. The summed E-state index contributed by atoms with van der Waals surface area (Å²) in [5, 5.41) is 18.1. The smallest absolute Gasteiger partial charge is 0.219 e. The molecule has 3 atom stereocenters. The number of nitrogens with zero attached hydrogens (tertiary/aromatic N) is 3. The average molecular weight is 415 g/mol. The Bertz CT molecular complexity index is 820. The molecule has 30 heavy (non-hydrogen) atoms. The van der Waals surface area contributed by atoms with Crippen LogP contribution in [0.25, 0.3) is 11.5 Å². The van der Waals surface area contributed by atoms with Gasteiger partial charge in [0.15, 0.2) is 5.76 Å². The van der Waals surface area contributed by atoms with Crippen molar-refractivity contribution < 1.29 is 19.2 Å². The quantitative estimate of drug-likeness (QED) is 0.743. The highest BCUT2D eigenvalue weighted by Gasteiger charge is 2.31. The molecule has 1 amide bonds. The van der Waals surface area contributed by atoms with Gasteiger partial charge in [0.2, 0.25) is 5.91 Å². The Morgan fingerprint density at radius 3 is 2.83 bits per heavy atom. The summed E-state index contributed by atoms with van der Waals surface area (Å²) in [4.78, 5) is 17.6. The van der Waals surface area contributed by atoms with E-state index in [2.05, 4.69) is 15.5 Å². The molecule has 2 fully saturated rings. The maximum absolute atomic E-state index is 11.5. The summed E-state index contributed by atoms with van der Waals surface area (Å²) in [6, 6.07) is 7.93. The van der Waals surface area contributed by atoms with Gasteiger partial charge in [0.05, 0.1) is 24.0 Å². The summed E-state index contributed by atoms with van der Waals surface area (Å²) >= 11 is 0. The van der Waals surface area contributed by atoms with Gasteiger partial charge >= 0.3 is 0 Å². The topological polar surface area (TPSA) is 101 Å². The third-order valence-corrected chi connectivity index (χ3v) is 6.04. The van der Waals surface area contributed by atoms with Crippen LogP contribution in [0.3, 0.4) is 0 Å². The fourth-order valence-corrected chi connectivity index (χ4v) is 4.23. The molecule has 0 aromatic carbocycles. The van der Waals surface area contributed by atoms with Gasteiger partial charge in [-0.25, -0.2) is 0 Å². The SMILES string of the molecule is CC(=O)N1CCC(NC[C@H]2O[C@H](Cc3cc(-c4ccccn4)on3)CC[C@@H]2O)CC1. The van der Waals surface area contributed by atoms with Gasteiger partial charge < -0.3 is 24.6 Å². The van der Waals surface area contributed by atoms with Gasteiger partial charge in [-0.1, -0.05) is 11.2 Å². The Hall–Kier alpha value is -2.29. The van der Waals surface area contributed by atoms with Gasteiger partial charge in [-0.2, -0.15) is 0 Å². The van der Waals surface area contributed by atoms with Gasteiger partial charge in [-0.15, -0.1) is 0 Å². The molecule has 4 heterocycles. The second-order valence-corrected chi connectivity index (χ2v) is 8.23. The second kappa shape index (κ2) is 9.68. The van der Waals surface area contributed by atoms with Crippen LogP contribution < -0.4 is 5.32 Å². The Morgan fingerprint density at radius 1 is 1.27 bits per heavy atom. The molecule has 2 aromatic heterocycles. The molecule has 0 unspecified atom stereocenters. The monoisotopic (exact) mass is 414 g/mol. The predicted molar refractivity (Wildman–Crippen MR) is 111 cm³/mol. The highest BCUT2D eigenvalue weighted by molar-refractivity contribution is 5.73. The van der Waals surface area contributed by atoms with Crippen molar-refractivity contribution in [3.05, 3.63) is 36.2 Å². The van der Waals surface area contributed by atoms with Crippen LogP contribution in [-0.4, -0.2) is 70.0 Å². The first kappa shape index (κ1) is 21.0. The van der Waals surface area contributed by atoms with Crippen molar-refractivity contribution in [3.63, 3.8) is 0 Å². The third kappa shape index (κ3) is 5.24. The molecule has 2 aliphatic heterocycles. The number of ether oxygens (including phenoxy) is 1. The van der Waals surface area contributed by atoms with E-state index in [1.165, 1.54) is 0 Å². The summed E-state index contributed by atoms with van der Waals surface area (Å²) in [6.07, 6.45) is 5.04. The normalized spacial score (nSPS) is 25.4. The fourth-order valence-electron chi connectivity index (χ4n) is 4.23. The van der Waals surface area contributed by atoms with Crippen molar-refractivity contribution in [3.8, 4) is 11.5 Å². The zero-order valence-electron chi connectivity index (χ0n) is 17.4. The molecule has 0 spiro atoms. The van der Waals surface area contributed by atoms with Crippen LogP contribution >= 0.6 is 0 Å². The molecule has 0 saturated carbocycles. The lowest BCUT2D eigenvalue weighted by Crippen LogP contribution is -2.50. The minimum atomic E-state index is -0.465. The third-order valence-electron chi connectivity index (χ3n) is 6.04. The molecule has 0 radical (unpaired) electrons. The van der Waals surface area contributed by atoms with Crippen molar-refractivity contribution in [1.82, 2.24) is 20.4 Å². The molecule has 2 aliphatic rings. The van der Waals surface area contributed by atoms with E-state index in [0.717, 1.165) is 43.7 Å². The Morgan fingerprint density at radius 2 is 2.10 bits per heavy atom. The number of nitrogens with one attached hydrogen (secondary N) is 1. The van der Waals surface area contributed by atoms with E-state index < -0.39 is 6.10 Å². The summed E-state index contributed by atoms with van der Waals surface area (Å²) in [6.45, 7) is 3.80. The predicted octanol–water partition coefficient (Wildman–Crippen LogP) is 1.79. The zero-order valence-corrected chi connectivity index (χ0v) is 17.4. The van der Waals surface area contributed by atoms with Crippen LogP contribution in [0, 0.1) is 0 Å². The maximum Gasteiger partial charge on any atom is 0.219 e. The van der Waals surface area contributed by atoms with Gasteiger partial charge in [0.25, 0.3) is 0 Å². The van der Waals surface area contributed by atoms with Crippen LogP contribution in [0.1, 0.15) is 38.3 Å². The zero-order chi connectivity index (χ0) is 20.9. The molecule has 4 rings (SSSR count). The largest absolute Gasteiger partial charge is 0.390 e. The van der Waals surface area contributed by atoms with Gasteiger partial charge in [-0.3, -0.25) is 9.78 Å². The Balaban J connectivity index is 1.26. The van der Waals surface area contributed by atoms with Crippen LogP contribution in [-0.2, 0) is 16.0 Å². The Kier molecular flexibility index (Phi) is 6.76. The Labute approximate surface area is 176 Å². The van der Waals surface area contributed by atoms with Gasteiger partial charge in [-0.05, 0) is 37.8 Å². The summed E-state index contributed by atoms with van der Waals surface area (Å²) < 4.78 is 11.6. The van der Waals surface area contributed by atoms with E-state index in [-0.39, 0.29) is 18.1 Å². The molecular formula is C22H30N4O4. The van der Waals surface area contributed by atoms with E-state index in [1.807, 2.05) is 29.2 Å². The number of aliphatic hydroxyl groups excluding tert-OH is 1. The van der Waals surface area contributed by atoms with Gasteiger partial charge in [0.1, 0.15) is 5.69 Å². The van der Waals surface area contributed by atoms with Crippen molar-refractivity contribution >= 4 is 5.91 Å². The number of carbonyl (C=O) groups excluding carboxylic acids is 1. The molecule has 8 heteroatoms. The number of hydrogen-bond acceptors (Lipinski definition) is 7. The highest BCUT2D eigenvalue weighted by Crippen LogP contribution is 2.24. The number of hydrogen-bond donors (Lipinski definition) is 2. The van der Waals surface area contributed by atoms with Crippen molar-refractivity contribution in [2.75, 3.05) is 19.6 Å². The van der Waals surface area contributed by atoms with E-state index in [0.29, 0.717) is 31.2 Å². The van der Waals surface area contributed by atoms with E-state index in [4.69, 9.17) is 9.26 Å². The number of rotatable bonds is 6. The van der Waals surface area contributed by atoms with Crippen LogP contribution in [0.15, 0.2) is 35.0 Å². The van der Waals surface area contributed by atoms with Gasteiger partial charge in [0, 0.05) is 51.3 Å². The molecular weight excluding hydrogens is 384 g/mol. The number of pyridine rings is 1. The van der Waals surface area contributed by atoms with Crippen molar-refractivity contribution in [1.29, 1.82) is 0 Å². The first-order chi connectivity index (χ1) is 14.6. The first-order valence-electron chi connectivity index (χ1n) is 10.8. The van der Waals surface area contributed by atoms with E-state index >= 15 is 0 Å². The number of piperidine rings is 1. The molecule has 2 aromatic rings. The molecule has 2 saturated heterocycles. The summed E-state index contributed by atoms with van der Waals surface area (Å²) in [5.41, 5.74) is 1.59. The van der Waals surface area contributed by atoms with Crippen molar-refractivity contribution in [2.45, 2.75) is 63.4 Å². The summed E-state index contributed by atoms with van der Waals surface area (Å²) in [5.74, 6) is 0.790. The highest BCUT2D eigenvalue weighted by atomic mass is 16.5. The molecule has 8 nitrogen and oxygen atoms in total. The first-order valence-corrected chi connectivity index (χ1v) is 10.8. The molecule has 2 N–H and O–H groups in total. The number of carbonyl (C=O) groups is 1. The minimum Gasteiger partial charge on any atom is -0.390 e. The number of likely N-dealkylation sites (tertiary alicyclic amines) is 1. The molecule has 0 bridgehead atoms. The standard InChI is InChI=1S/C22H30N4O4/c1-15(27)26-10-7-16(8-11-26)24-14-22-20(28)6-5-18(29-22)12-17-13-21(30-25-17)19-4-2-3-9-23-19/h2-4,9,13,16,18,20,22,24,28H,5-8,10-12,14H2,1H3/t18-,20-,22+/m0/s1. The minimum absolute atomic E-state index is 0.00134.